The van der Waals surface area contributed by atoms with Gasteiger partial charge >= 0.3 is 0 Å². The van der Waals surface area contributed by atoms with Crippen molar-refractivity contribution in [3.8, 4) is 5.75 Å². The summed E-state index contributed by atoms with van der Waals surface area (Å²) in [4.78, 5) is 0. The molecule has 0 saturated heterocycles. The first-order valence-corrected chi connectivity index (χ1v) is 6.84. The van der Waals surface area contributed by atoms with Gasteiger partial charge in [-0.05, 0) is 33.5 Å². The van der Waals surface area contributed by atoms with Crippen LogP contribution in [-0.2, 0) is 0 Å². The van der Waals surface area contributed by atoms with E-state index in [2.05, 4.69) is 31.9 Å². The van der Waals surface area contributed by atoms with Crippen molar-refractivity contribution < 1.29 is 13.9 Å². The molecule has 1 nitrogen and oxygen atoms in total. The molecule has 0 aliphatic heterocycles. The van der Waals surface area contributed by atoms with Crippen LogP contribution in [0.1, 0.15) is 43.7 Å². The quantitative estimate of drug-likeness (QED) is 0.753. The molecule has 96 valence electrons. The van der Waals surface area contributed by atoms with E-state index in [1.54, 1.807) is 6.07 Å². The zero-order valence-corrected chi connectivity index (χ0v) is 12.9. The van der Waals surface area contributed by atoms with Gasteiger partial charge in [-0.3, -0.25) is 0 Å². The van der Waals surface area contributed by atoms with Gasteiger partial charge in [0.25, 0.3) is 0 Å². The summed E-state index contributed by atoms with van der Waals surface area (Å²) in [5.41, 5.74) is 1.14. The summed E-state index contributed by atoms with van der Waals surface area (Å²) < 4.78 is 26.6. The molecule has 5 heteroatoms. The van der Waals surface area contributed by atoms with E-state index < -0.39 is 12.3 Å². The Balaban J connectivity index is 3.39. The van der Waals surface area contributed by atoms with Gasteiger partial charge in [-0.15, -0.1) is 0 Å². The van der Waals surface area contributed by atoms with E-state index in [-0.39, 0.29) is 17.2 Å². The number of benzene rings is 1. The van der Waals surface area contributed by atoms with Crippen molar-refractivity contribution in [2.45, 2.75) is 39.0 Å². The zero-order chi connectivity index (χ0) is 13.3. The fourth-order valence-electron chi connectivity index (χ4n) is 1.65. The Morgan fingerprint density at radius 1 is 1.18 bits per heavy atom. The summed E-state index contributed by atoms with van der Waals surface area (Å²) in [7, 11) is 0. The lowest BCUT2D eigenvalue weighted by molar-refractivity contribution is 0.120. The second kappa shape index (κ2) is 5.65. The van der Waals surface area contributed by atoms with Crippen molar-refractivity contribution in [1.29, 1.82) is 0 Å². The van der Waals surface area contributed by atoms with E-state index in [4.69, 9.17) is 0 Å². The molecule has 1 aromatic rings. The molecule has 1 N–H and O–H groups in total. The maximum Gasteiger partial charge on any atom is 0.245 e. The molecule has 0 heterocycles. The Morgan fingerprint density at radius 3 is 2.12 bits per heavy atom. The van der Waals surface area contributed by atoms with Crippen molar-refractivity contribution in [2.24, 2.45) is 0 Å². The van der Waals surface area contributed by atoms with E-state index in [1.165, 1.54) is 6.92 Å². The van der Waals surface area contributed by atoms with Crippen molar-refractivity contribution in [2.75, 3.05) is 0 Å². The molecule has 0 bridgehead atoms. The minimum Gasteiger partial charge on any atom is -0.506 e. The first kappa shape index (κ1) is 14.9. The van der Waals surface area contributed by atoms with Gasteiger partial charge in [0, 0.05) is 16.0 Å². The second-order valence-electron chi connectivity index (χ2n) is 4.30. The van der Waals surface area contributed by atoms with Crippen LogP contribution in [0, 0.1) is 0 Å². The van der Waals surface area contributed by atoms with E-state index >= 15 is 0 Å². The van der Waals surface area contributed by atoms with Gasteiger partial charge in [-0.2, -0.15) is 0 Å². The van der Waals surface area contributed by atoms with Crippen molar-refractivity contribution in [3.05, 3.63) is 26.1 Å². The third-order valence-electron chi connectivity index (χ3n) is 2.70. The van der Waals surface area contributed by atoms with Crippen molar-refractivity contribution >= 4 is 31.9 Å². The Labute approximate surface area is 116 Å². The van der Waals surface area contributed by atoms with E-state index in [0.29, 0.717) is 4.47 Å². The highest BCUT2D eigenvalue weighted by molar-refractivity contribution is 9.11. The van der Waals surface area contributed by atoms with Gasteiger partial charge in [0.15, 0.2) is 0 Å². The molecular weight excluding hydrogens is 358 g/mol. The lowest BCUT2D eigenvalue weighted by Crippen LogP contribution is -2.06. The third-order valence-corrected chi connectivity index (χ3v) is 4.16. The fraction of sp³-hybridized carbons (Fsp3) is 0.500. The lowest BCUT2D eigenvalue weighted by atomic mass is 9.95. The summed E-state index contributed by atoms with van der Waals surface area (Å²) in [5.74, 6) is -0.908. The minimum atomic E-state index is -2.50. The molecule has 17 heavy (non-hydrogen) atoms. The maximum atomic E-state index is 12.7. The summed E-state index contributed by atoms with van der Waals surface area (Å²) >= 11 is 6.64. The van der Waals surface area contributed by atoms with Crippen molar-refractivity contribution in [3.63, 3.8) is 0 Å². The molecule has 0 spiro atoms. The molecule has 0 amide bonds. The van der Waals surface area contributed by atoms with Crippen LogP contribution in [0.5, 0.6) is 5.75 Å². The Morgan fingerprint density at radius 2 is 1.71 bits per heavy atom. The molecule has 1 atom stereocenters. The van der Waals surface area contributed by atoms with Gasteiger partial charge in [0.2, 0.25) is 6.43 Å². The van der Waals surface area contributed by atoms with Crippen LogP contribution in [0.2, 0.25) is 0 Å². The number of phenols is 1. The molecule has 1 rings (SSSR count). The van der Waals surface area contributed by atoms with Gasteiger partial charge in [0.05, 0.1) is 4.47 Å². The summed E-state index contributed by atoms with van der Waals surface area (Å²) in [6, 6.07) is 1.58. The van der Waals surface area contributed by atoms with Gasteiger partial charge < -0.3 is 5.11 Å². The highest BCUT2D eigenvalue weighted by atomic mass is 79.9. The van der Waals surface area contributed by atoms with Crippen molar-refractivity contribution in [1.82, 2.24) is 0 Å². The molecular formula is C12H14Br2F2O. The maximum absolute atomic E-state index is 12.7. The highest BCUT2D eigenvalue weighted by Gasteiger charge is 2.24. The van der Waals surface area contributed by atoms with Crippen LogP contribution in [0.3, 0.4) is 0 Å². The average Bonchev–Trinajstić information content (AvgIpc) is 2.21. The fourth-order valence-corrected chi connectivity index (χ4v) is 3.72. The first-order valence-electron chi connectivity index (χ1n) is 5.26. The average molecular weight is 372 g/mol. The predicted molar refractivity (Wildman–Crippen MR) is 72.0 cm³/mol. The second-order valence-corrected chi connectivity index (χ2v) is 5.95. The molecule has 0 aliphatic rings. The van der Waals surface area contributed by atoms with Crippen LogP contribution in [0.25, 0.3) is 0 Å². The first-order chi connectivity index (χ1) is 7.77. The Bertz CT molecular complexity index is 419. The Kier molecular flexibility index (Phi) is 4.95. The van der Waals surface area contributed by atoms with E-state index in [1.807, 2.05) is 13.8 Å². The monoisotopic (exact) mass is 370 g/mol. The highest BCUT2D eigenvalue weighted by Crippen LogP contribution is 2.43. The molecule has 0 radical (unpaired) electrons. The van der Waals surface area contributed by atoms with Gasteiger partial charge in [0.1, 0.15) is 5.75 Å². The number of hydrogen-bond donors (Lipinski definition) is 1. The third kappa shape index (κ3) is 2.99. The molecule has 1 unspecified atom stereocenters. The predicted octanol–water partition coefficient (Wildman–Crippen LogP) is 5.41. The zero-order valence-electron chi connectivity index (χ0n) is 9.77. The number of alkyl halides is 2. The summed E-state index contributed by atoms with van der Waals surface area (Å²) in [5, 5.41) is 9.97. The van der Waals surface area contributed by atoms with E-state index in [9.17, 15) is 13.9 Å². The summed E-state index contributed by atoms with van der Waals surface area (Å²) in [6.07, 6.45) is -2.50. The minimum absolute atomic E-state index is 0.0929. The lowest BCUT2D eigenvalue weighted by Gasteiger charge is -2.19. The molecule has 0 fully saturated rings. The topological polar surface area (TPSA) is 20.2 Å². The number of aromatic hydroxyl groups is 1. The van der Waals surface area contributed by atoms with Gasteiger partial charge in [-0.25, -0.2) is 8.78 Å². The summed E-state index contributed by atoms with van der Waals surface area (Å²) in [6.45, 7) is 5.34. The largest absolute Gasteiger partial charge is 0.506 e. The van der Waals surface area contributed by atoms with Crippen LogP contribution < -0.4 is 0 Å². The SMILES string of the molecule is CC(C)c1c(Br)cc(C(C)C(F)F)c(O)c1Br. The van der Waals surface area contributed by atoms with E-state index in [0.717, 1.165) is 10.0 Å². The van der Waals surface area contributed by atoms with Crippen LogP contribution in [-0.4, -0.2) is 11.5 Å². The molecule has 0 saturated carbocycles. The standard InChI is InChI=1S/C12H14Br2F2O/c1-5(2)9-8(13)4-7(6(3)12(15)16)11(17)10(9)14/h4-6,12,17H,1-3H3. The smallest absolute Gasteiger partial charge is 0.245 e. The molecule has 0 aromatic heterocycles. The number of rotatable bonds is 3. The Hall–Kier alpha value is -0.160. The van der Waals surface area contributed by atoms with Crippen LogP contribution in [0.15, 0.2) is 15.0 Å². The number of hydrogen-bond acceptors (Lipinski definition) is 1. The molecule has 0 aliphatic carbocycles. The molecule has 1 aromatic carbocycles. The normalized spacial score (nSPS) is 13.5. The van der Waals surface area contributed by atoms with Crippen LogP contribution >= 0.6 is 31.9 Å². The number of halogens is 4. The number of phenolic OH excluding ortho intramolecular Hbond substituents is 1. The van der Waals surface area contributed by atoms with Gasteiger partial charge in [-0.1, -0.05) is 36.7 Å². The van der Waals surface area contributed by atoms with Crippen LogP contribution in [0.4, 0.5) is 8.78 Å².